The van der Waals surface area contributed by atoms with E-state index in [2.05, 4.69) is 31.4 Å². The maximum atomic E-state index is 13.6. The van der Waals surface area contributed by atoms with Gasteiger partial charge in [0, 0.05) is 36.4 Å². The Balaban J connectivity index is 1.55. The molecule has 2 fully saturated rings. The van der Waals surface area contributed by atoms with Crippen LogP contribution in [0.5, 0.6) is 0 Å². The summed E-state index contributed by atoms with van der Waals surface area (Å²) >= 11 is 0. The second kappa shape index (κ2) is 8.25. The maximum Gasteiger partial charge on any atom is 0.255 e. The van der Waals surface area contributed by atoms with E-state index in [1.807, 2.05) is 0 Å². The monoisotopic (exact) mass is 469 g/mol. The Kier molecular flexibility index (Phi) is 5.87. The van der Waals surface area contributed by atoms with Crippen molar-refractivity contribution in [1.82, 2.24) is 4.31 Å². The van der Waals surface area contributed by atoms with E-state index in [1.165, 1.54) is 13.0 Å². The van der Waals surface area contributed by atoms with Gasteiger partial charge in [-0.3, -0.25) is 9.59 Å². The number of nitrogens with zero attached hydrogens (tertiary/aromatic N) is 1. The van der Waals surface area contributed by atoms with Crippen molar-refractivity contribution in [2.24, 2.45) is 10.8 Å². The fourth-order valence-electron chi connectivity index (χ4n) is 5.70. The first-order valence-electron chi connectivity index (χ1n) is 11.2. The molecule has 8 heteroatoms. The van der Waals surface area contributed by atoms with Crippen LogP contribution in [0.1, 0.15) is 57.3 Å². The van der Waals surface area contributed by atoms with E-state index < -0.39 is 15.9 Å². The average molecular weight is 470 g/mol. The molecule has 2 N–H and O–H groups in total. The van der Waals surface area contributed by atoms with Gasteiger partial charge in [0.15, 0.2) is 0 Å². The Labute approximate surface area is 195 Å². The highest BCUT2D eigenvalue weighted by Gasteiger charge is 2.53. The smallest absolute Gasteiger partial charge is 0.255 e. The van der Waals surface area contributed by atoms with Crippen LogP contribution < -0.4 is 10.6 Å². The lowest BCUT2D eigenvalue weighted by molar-refractivity contribution is -0.114. The Hall–Kier alpha value is -2.71. The number of amides is 2. The molecule has 176 valence electrons. The molecule has 2 amide bonds. The van der Waals surface area contributed by atoms with Crippen molar-refractivity contribution in [1.29, 1.82) is 0 Å². The number of carbonyl (C=O) groups excluding carboxylic acids is 2. The van der Waals surface area contributed by atoms with E-state index in [-0.39, 0.29) is 33.2 Å². The van der Waals surface area contributed by atoms with E-state index in [4.69, 9.17) is 0 Å². The topological polar surface area (TPSA) is 95.6 Å². The van der Waals surface area contributed by atoms with Crippen molar-refractivity contribution in [3.63, 3.8) is 0 Å². The van der Waals surface area contributed by atoms with Crippen LogP contribution in [0.3, 0.4) is 0 Å². The number of rotatable bonds is 5. The van der Waals surface area contributed by atoms with Crippen molar-refractivity contribution in [2.75, 3.05) is 17.2 Å². The molecule has 2 aromatic carbocycles. The third kappa shape index (κ3) is 4.96. The number of hydrogen-bond donors (Lipinski definition) is 2. The van der Waals surface area contributed by atoms with Gasteiger partial charge in [-0.15, -0.1) is 0 Å². The highest BCUT2D eigenvalue weighted by Crippen LogP contribution is 2.53. The minimum absolute atomic E-state index is 0.0160. The summed E-state index contributed by atoms with van der Waals surface area (Å²) < 4.78 is 28.8. The Morgan fingerprint density at radius 1 is 0.970 bits per heavy atom. The third-order valence-electron chi connectivity index (χ3n) is 6.51. The largest absolute Gasteiger partial charge is 0.326 e. The molecule has 1 saturated carbocycles. The molecule has 1 aliphatic carbocycles. The zero-order chi connectivity index (χ0) is 24.0. The summed E-state index contributed by atoms with van der Waals surface area (Å²) in [6.45, 7) is 8.51. The molecule has 4 rings (SSSR count). The molecule has 33 heavy (non-hydrogen) atoms. The molecule has 2 atom stereocenters. The summed E-state index contributed by atoms with van der Waals surface area (Å²) in [5, 5.41) is 5.45. The summed E-state index contributed by atoms with van der Waals surface area (Å²) in [6.07, 6.45) is 2.72. The van der Waals surface area contributed by atoms with Crippen LogP contribution >= 0.6 is 0 Å². The molecule has 2 unspecified atom stereocenters. The standard InChI is InChI=1S/C25H31N3O4S/c1-17(29)26-19-8-6-9-20(12-19)27-23(30)18-7-5-10-22(11-18)33(31,32)28-16-25(4)14-21(28)13-24(2,3)15-25/h5-12,21H,13-16H2,1-4H3,(H,26,29)(H,27,30). The van der Waals surface area contributed by atoms with Crippen molar-refractivity contribution in [3.8, 4) is 0 Å². The van der Waals surface area contributed by atoms with E-state index in [0.717, 1.165) is 19.3 Å². The first kappa shape index (κ1) is 23.4. The number of anilines is 2. The lowest BCUT2D eigenvalue weighted by Gasteiger charge is -2.39. The second-order valence-corrected chi connectivity index (χ2v) is 12.4. The summed E-state index contributed by atoms with van der Waals surface area (Å²) in [4.78, 5) is 24.3. The van der Waals surface area contributed by atoms with Crippen LogP contribution in [-0.4, -0.2) is 37.1 Å². The first-order valence-corrected chi connectivity index (χ1v) is 12.6. The second-order valence-electron chi connectivity index (χ2n) is 10.5. The number of sulfonamides is 1. The fraction of sp³-hybridized carbons (Fsp3) is 0.440. The van der Waals surface area contributed by atoms with Gasteiger partial charge in [-0.25, -0.2) is 8.42 Å². The SMILES string of the molecule is CC(=O)Nc1cccc(NC(=O)c2cccc(S(=O)(=O)N3CC4(C)CC3CC(C)(C)C4)c2)c1. The number of nitrogens with one attached hydrogen (secondary N) is 2. The molecule has 7 nitrogen and oxygen atoms in total. The van der Waals surface area contributed by atoms with Crippen LogP contribution in [0.25, 0.3) is 0 Å². The van der Waals surface area contributed by atoms with Crippen molar-refractivity contribution >= 4 is 33.2 Å². The van der Waals surface area contributed by atoms with Gasteiger partial charge >= 0.3 is 0 Å². The van der Waals surface area contributed by atoms with E-state index in [1.54, 1.807) is 46.8 Å². The Bertz CT molecular complexity index is 1210. The highest BCUT2D eigenvalue weighted by molar-refractivity contribution is 7.89. The quantitative estimate of drug-likeness (QED) is 0.675. The minimum atomic E-state index is -3.72. The van der Waals surface area contributed by atoms with E-state index in [9.17, 15) is 18.0 Å². The van der Waals surface area contributed by atoms with Crippen LogP contribution in [0.15, 0.2) is 53.4 Å². The van der Waals surface area contributed by atoms with Gasteiger partial charge in [-0.05, 0) is 66.5 Å². The highest BCUT2D eigenvalue weighted by atomic mass is 32.2. The molecule has 1 saturated heterocycles. The molecule has 0 spiro atoms. The van der Waals surface area contributed by atoms with E-state index >= 15 is 0 Å². The summed E-state index contributed by atoms with van der Waals surface area (Å²) in [5.41, 5.74) is 1.41. The molecular formula is C25H31N3O4S. The van der Waals surface area contributed by atoms with Gasteiger partial charge in [0.1, 0.15) is 0 Å². The van der Waals surface area contributed by atoms with Gasteiger partial charge in [0.25, 0.3) is 5.91 Å². The summed E-state index contributed by atoms with van der Waals surface area (Å²) in [6, 6.07) is 13.0. The molecular weight excluding hydrogens is 438 g/mol. The van der Waals surface area contributed by atoms with Gasteiger partial charge in [-0.1, -0.05) is 32.9 Å². The van der Waals surface area contributed by atoms with Crippen LogP contribution in [0, 0.1) is 10.8 Å². The molecule has 2 aromatic rings. The number of benzene rings is 2. The van der Waals surface area contributed by atoms with Crippen molar-refractivity contribution in [2.45, 2.75) is 57.9 Å². The number of carbonyl (C=O) groups is 2. The molecule has 1 heterocycles. The van der Waals surface area contributed by atoms with Crippen molar-refractivity contribution < 1.29 is 18.0 Å². The molecule has 0 radical (unpaired) electrons. The van der Waals surface area contributed by atoms with Gasteiger partial charge in [0.05, 0.1) is 4.90 Å². The lowest BCUT2D eigenvalue weighted by atomic mass is 9.65. The number of hydrogen-bond acceptors (Lipinski definition) is 4. The number of fused-ring (bicyclic) bond motifs is 2. The lowest BCUT2D eigenvalue weighted by Crippen LogP contribution is -2.37. The first-order chi connectivity index (χ1) is 15.4. The molecule has 0 aromatic heterocycles. The zero-order valence-corrected chi connectivity index (χ0v) is 20.3. The van der Waals surface area contributed by atoms with Crippen LogP contribution in [0.4, 0.5) is 11.4 Å². The predicted octanol–water partition coefficient (Wildman–Crippen LogP) is 4.49. The predicted molar refractivity (Wildman–Crippen MR) is 129 cm³/mol. The van der Waals surface area contributed by atoms with Crippen LogP contribution in [0.2, 0.25) is 0 Å². The van der Waals surface area contributed by atoms with Gasteiger partial charge in [0.2, 0.25) is 15.9 Å². The summed E-state index contributed by atoms with van der Waals surface area (Å²) in [5.74, 6) is -0.625. The maximum absolute atomic E-state index is 13.6. The Morgan fingerprint density at radius 2 is 1.64 bits per heavy atom. The average Bonchev–Trinajstić information content (AvgIpc) is 2.97. The van der Waals surface area contributed by atoms with Crippen molar-refractivity contribution in [3.05, 3.63) is 54.1 Å². The fourth-order valence-corrected chi connectivity index (χ4v) is 7.52. The van der Waals surface area contributed by atoms with Gasteiger partial charge in [-0.2, -0.15) is 4.31 Å². The van der Waals surface area contributed by atoms with E-state index in [0.29, 0.717) is 17.9 Å². The molecule has 1 aliphatic heterocycles. The Morgan fingerprint density at radius 3 is 2.33 bits per heavy atom. The third-order valence-corrected chi connectivity index (χ3v) is 8.40. The van der Waals surface area contributed by atoms with Gasteiger partial charge < -0.3 is 10.6 Å². The van der Waals surface area contributed by atoms with Crippen LogP contribution in [-0.2, 0) is 14.8 Å². The normalized spacial score (nSPS) is 24.3. The minimum Gasteiger partial charge on any atom is -0.326 e. The zero-order valence-electron chi connectivity index (χ0n) is 19.5. The molecule has 2 bridgehead atoms. The molecule has 2 aliphatic rings. The summed E-state index contributed by atoms with van der Waals surface area (Å²) in [7, 11) is -3.72.